The first kappa shape index (κ1) is 20.2. The van der Waals surface area contributed by atoms with E-state index in [0.29, 0.717) is 17.1 Å². The molecule has 0 aliphatic heterocycles. The number of nitrogens with one attached hydrogen (secondary N) is 2. The maximum atomic E-state index is 12.2. The lowest BCUT2D eigenvalue weighted by Gasteiger charge is -2.14. The molecule has 0 fully saturated rings. The van der Waals surface area contributed by atoms with Gasteiger partial charge in [-0.2, -0.15) is 0 Å². The van der Waals surface area contributed by atoms with Crippen molar-refractivity contribution in [3.8, 4) is 11.5 Å². The molecule has 0 aliphatic carbocycles. The van der Waals surface area contributed by atoms with Crippen LogP contribution in [0.2, 0.25) is 15.1 Å². The molecule has 0 saturated carbocycles. The Bertz CT molecular complexity index is 843. The fourth-order valence-electron chi connectivity index (χ4n) is 2.00. The number of carbonyl (C=O) groups excluding carboxylic acids is 2. The van der Waals surface area contributed by atoms with Gasteiger partial charge >= 0.3 is 0 Å². The molecule has 2 rings (SSSR count). The molecule has 0 saturated heterocycles. The summed E-state index contributed by atoms with van der Waals surface area (Å²) in [6.07, 6.45) is 0. The van der Waals surface area contributed by atoms with Crippen LogP contribution in [0.3, 0.4) is 0 Å². The van der Waals surface area contributed by atoms with E-state index >= 15 is 0 Å². The number of amides is 2. The molecule has 2 amide bonds. The molecule has 9 heteroatoms. The zero-order valence-electron chi connectivity index (χ0n) is 13.9. The second-order valence-corrected chi connectivity index (χ2v) is 6.35. The summed E-state index contributed by atoms with van der Waals surface area (Å²) >= 11 is 17.8. The highest BCUT2D eigenvalue weighted by atomic mass is 35.5. The maximum absolute atomic E-state index is 12.2. The molecule has 2 aromatic rings. The van der Waals surface area contributed by atoms with Crippen molar-refractivity contribution in [2.75, 3.05) is 24.4 Å². The molecule has 2 N–H and O–H groups in total. The van der Waals surface area contributed by atoms with Crippen LogP contribution in [-0.2, 0) is 9.59 Å². The van der Waals surface area contributed by atoms with Crippen LogP contribution in [0.25, 0.3) is 0 Å². The second-order valence-electron chi connectivity index (χ2n) is 5.13. The van der Waals surface area contributed by atoms with E-state index in [4.69, 9.17) is 44.3 Å². The first-order chi connectivity index (χ1) is 12.3. The zero-order chi connectivity index (χ0) is 19.3. The summed E-state index contributed by atoms with van der Waals surface area (Å²) in [5.41, 5.74) is 0.799. The highest BCUT2D eigenvalue weighted by Gasteiger charge is 2.12. The van der Waals surface area contributed by atoms with E-state index in [0.717, 1.165) is 0 Å². The van der Waals surface area contributed by atoms with Gasteiger partial charge in [0.15, 0.2) is 6.61 Å². The second kappa shape index (κ2) is 8.98. The van der Waals surface area contributed by atoms with E-state index in [1.807, 2.05) is 0 Å². The minimum absolute atomic E-state index is 0.226. The van der Waals surface area contributed by atoms with Crippen LogP contribution in [-0.4, -0.2) is 25.5 Å². The van der Waals surface area contributed by atoms with Crippen molar-refractivity contribution in [1.82, 2.24) is 0 Å². The molecule has 0 bridgehead atoms. The van der Waals surface area contributed by atoms with Gasteiger partial charge in [-0.25, -0.2) is 0 Å². The number of rotatable bonds is 6. The maximum Gasteiger partial charge on any atom is 0.262 e. The summed E-state index contributed by atoms with van der Waals surface area (Å²) in [5, 5.41) is 6.04. The van der Waals surface area contributed by atoms with Crippen molar-refractivity contribution < 1.29 is 19.1 Å². The molecule has 0 atom stereocenters. The van der Waals surface area contributed by atoms with Gasteiger partial charge in [0.25, 0.3) is 5.91 Å². The summed E-state index contributed by atoms with van der Waals surface area (Å²) in [7, 11) is 1.49. The average Bonchev–Trinajstić information content (AvgIpc) is 2.58. The third kappa shape index (κ3) is 5.42. The van der Waals surface area contributed by atoms with Crippen molar-refractivity contribution >= 4 is 58.0 Å². The molecule has 2 aromatic carbocycles. The number of hydrogen-bond acceptors (Lipinski definition) is 4. The van der Waals surface area contributed by atoms with Crippen molar-refractivity contribution in [2.45, 2.75) is 6.92 Å². The molecular weight excluding hydrogens is 403 g/mol. The molecular formula is C17H15Cl3N2O4. The van der Waals surface area contributed by atoms with Crippen LogP contribution in [0.15, 0.2) is 30.3 Å². The number of hydrogen-bond donors (Lipinski definition) is 2. The number of carbonyl (C=O) groups is 2. The quantitative estimate of drug-likeness (QED) is 0.672. The Hall–Kier alpha value is -2.15. The van der Waals surface area contributed by atoms with Crippen LogP contribution < -0.4 is 20.1 Å². The van der Waals surface area contributed by atoms with E-state index in [1.54, 1.807) is 18.2 Å². The summed E-state index contributed by atoms with van der Waals surface area (Å²) < 4.78 is 10.5. The molecule has 0 aliphatic rings. The molecule has 0 spiro atoms. The standard InChI is InChI=1S/C17H15Cl3N2O4/c1-9(23)21-14-4-3-10(25-2)5-15(14)22-17(24)8-26-16-7-12(19)11(18)6-13(16)20/h3-7H,8H2,1-2H3,(H,21,23)(H,22,24). The van der Waals surface area contributed by atoms with Crippen LogP contribution in [0.1, 0.15) is 6.92 Å². The Kier molecular flexibility index (Phi) is 6.97. The van der Waals surface area contributed by atoms with E-state index < -0.39 is 5.91 Å². The van der Waals surface area contributed by atoms with Gasteiger partial charge < -0.3 is 20.1 Å². The number of ether oxygens (including phenoxy) is 2. The minimum Gasteiger partial charge on any atom is -0.497 e. The minimum atomic E-state index is -0.466. The SMILES string of the molecule is COc1ccc(NC(C)=O)c(NC(=O)COc2cc(Cl)c(Cl)cc2Cl)c1. The number of halogens is 3. The fraction of sp³-hybridized carbons (Fsp3) is 0.176. The fourth-order valence-corrected chi connectivity index (χ4v) is 2.59. The smallest absolute Gasteiger partial charge is 0.262 e. The first-order valence-corrected chi connectivity index (χ1v) is 8.46. The zero-order valence-corrected chi connectivity index (χ0v) is 16.1. The summed E-state index contributed by atoms with van der Waals surface area (Å²) in [6, 6.07) is 7.71. The highest BCUT2D eigenvalue weighted by molar-refractivity contribution is 6.43. The number of benzene rings is 2. The number of anilines is 2. The summed E-state index contributed by atoms with van der Waals surface area (Å²) in [6.45, 7) is 1.04. The van der Waals surface area contributed by atoms with Crippen molar-refractivity contribution in [1.29, 1.82) is 0 Å². The molecule has 6 nitrogen and oxygen atoms in total. The van der Waals surface area contributed by atoms with Gasteiger partial charge in [0.2, 0.25) is 5.91 Å². The lowest BCUT2D eigenvalue weighted by Crippen LogP contribution is -2.21. The van der Waals surface area contributed by atoms with E-state index in [2.05, 4.69) is 10.6 Å². The third-order valence-corrected chi connectivity index (χ3v) is 4.16. The topological polar surface area (TPSA) is 76.7 Å². The van der Waals surface area contributed by atoms with Crippen molar-refractivity contribution in [2.24, 2.45) is 0 Å². The molecule has 0 aromatic heterocycles. The predicted octanol–water partition coefficient (Wildman–Crippen LogP) is 4.63. The molecule has 138 valence electrons. The Morgan fingerprint density at radius 2 is 1.65 bits per heavy atom. The highest BCUT2D eigenvalue weighted by Crippen LogP contribution is 2.34. The van der Waals surface area contributed by atoms with Crippen LogP contribution in [0, 0.1) is 0 Å². The Morgan fingerprint density at radius 3 is 2.31 bits per heavy atom. The Morgan fingerprint density at radius 1 is 0.962 bits per heavy atom. The van der Waals surface area contributed by atoms with E-state index in [-0.39, 0.29) is 33.3 Å². The molecule has 0 unspecified atom stereocenters. The Labute approximate surface area is 165 Å². The van der Waals surface area contributed by atoms with Gasteiger partial charge in [-0.1, -0.05) is 34.8 Å². The van der Waals surface area contributed by atoms with Crippen LogP contribution in [0.4, 0.5) is 11.4 Å². The lowest BCUT2D eigenvalue weighted by atomic mass is 10.2. The van der Waals surface area contributed by atoms with Crippen LogP contribution in [0.5, 0.6) is 11.5 Å². The van der Waals surface area contributed by atoms with E-state index in [9.17, 15) is 9.59 Å². The largest absolute Gasteiger partial charge is 0.497 e. The average molecular weight is 418 g/mol. The molecule has 0 heterocycles. The third-order valence-electron chi connectivity index (χ3n) is 3.15. The van der Waals surface area contributed by atoms with Gasteiger partial charge in [0, 0.05) is 19.1 Å². The normalized spacial score (nSPS) is 10.2. The molecule has 26 heavy (non-hydrogen) atoms. The van der Waals surface area contributed by atoms with Crippen molar-refractivity contribution in [3.63, 3.8) is 0 Å². The Balaban J connectivity index is 2.10. The summed E-state index contributed by atoms with van der Waals surface area (Å²) in [4.78, 5) is 23.5. The van der Waals surface area contributed by atoms with Gasteiger partial charge in [-0.3, -0.25) is 9.59 Å². The first-order valence-electron chi connectivity index (χ1n) is 7.33. The van der Waals surface area contributed by atoms with Crippen LogP contribution >= 0.6 is 34.8 Å². The van der Waals surface area contributed by atoms with Gasteiger partial charge in [-0.15, -0.1) is 0 Å². The monoisotopic (exact) mass is 416 g/mol. The van der Waals surface area contributed by atoms with Crippen molar-refractivity contribution in [3.05, 3.63) is 45.4 Å². The van der Waals surface area contributed by atoms with Gasteiger partial charge in [-0.05, 0) is 18.2 Å². The predicted molar refractivity (Wildman–Crippen MR) is 103 cm³/mol. The van der Waals surface area contributed by atoms with E-state index in [1.165, 1.54) is 26.2 Å². The summed E-state index contributed by atoms with van der Waals surface area (Å²) in [5.74, 6) is 0.00305. The lowest BCUT2D eigenvalue weighted by molar-refractivity contribution is -0.118. The van der Waals surface area contributed by atoms with Gasteiger partial charge in [0.05, 0.1) is 33.6 Å². The molecule has 0 radical (unpaired) electrons. The number of methoxy groups -OCH3 is 1. The van der Waals surface area contributed by atoms with Gasteiger partial charge in [0.1, 0.15) is 11.5 Å².